The lowest BCUT2D eigenvalue weighted by atomic mass is 10.1. The second-order valence-corrected chi connectivity index (χ2v) is 6.68. The summed E-state index contributed by atoms with van der Waals surface area (Å²) in [6.07, 6.45) is 0. The Morgan fingerprint density at radius 1 is 1.07 bits per heavy atom. The van der Waals surface area contributed by atoms with E-state index in [0.29, 0.717) is 23.7 Å². The number of rotatable bonds is 3. The quantitative estimate of drug-likeness (QED) is 0.772. The van der Waals surface area contributed by atoms with Crippen LogP contribution in [0.3, 0.4) is 0 Å². The Kier molecular flexibility index (Phi) is 4.50. The van der Waals surface area contributed by atoms with Crippen molar-refractivity contribution in [2.45, 2.75) is 6.92 Å². The first-order valence-corrected chi connectivity index (χ1v) is 8.94. The first kappa shape index (κ1) is 17.1. The second-order valence-electron chi connectivity index (χ2n) is 6.68. The van der Waals surface area contributed by atoms with Crippen LogP contribution in [0.1, 0.15) is 6.92 Å². The molecular formula is C22H20N2O3. The van der Waals surface area contributed by atoms with Gasteiger partial charge in [0.1, 0.15) is 5.75 Å². The molecule has 136 valence electrons. The molecule has 0 fully saturated rings. The molecule has 0 aliphatic carbocycles. The van der Waals surface area contributed by atoms with E-state index in [0.717, 1.165) is 10.8 Å². The number of ether oxygens (including phenoxy) is 1. The molecule has 0 spiro atoms. The highest BCUT2D eigenvalue weighted by Gasteiger charge is 2.28. The maximum Gasteiger partial charge on any atom is 0.264 e. The molecule has 1 unspecified atom stereocenters. The monoisotopic (exact) mass is 360 g/mol. The molecule has 0 saturated heterocycles. The minimum Gasteiger partial charge on any atom is -0.483 e. The molecular weight excluding hydrogens is 340 g/mol. The molecule has 1 N–H and O–H groups in total. The molecule has 3 aromatic carbocycles. The first-order chi connectivity index (χ1) is 13.1. The van der Waals surface area contributed by atoms with Crippen molar-refractivity contribution >= 4 is 34.0 Å². The number of para-hydroxylation sites is 2. The summed E-state index contributed by atoms with van der Waals surface area (Å²) in [6, 6.07) is 21.0. The summed E-state index contributed by atoms with van der Waals surface area (Å²) in [7, 11) is 0. The average Bonchev–Trinajstić information content (AvgIpc) is 2.82. The third kappa shape index (κ3) is 3.36. The van der Waals surface area contributed by atoms with Crippen molar-refractivity contribution in [3.05, 3.63) is 66.7 Å². The molecule has 5 heteroatoms. The molecule has 3 aromatic rings. The lowest BCUT2D eigenvalue weighted by Crippen LogP contribution is -2.38. The van der Waals surface area contributed by atoms with Crippen molar-refractivity contribution in [3.8, 4) is 5.75 Å². The molecule has 27 heavy (non-hydrogen) atoms. The standard InChI is InChI=1S/C22H20N2O3/c1-15-13-24(19-11-5-4-10-18(19)23-22(15)26)21(25)14-27-20-12-6-8-16-7-2-3-9-17(16)20/h2-12,15H,13-14H2,1H3,(H,23,26). The van der Waals surface area contributed by atoms with Crippen molar-refractivity contribution in [3.63, 3.8) is 0 Å². The van der Waals surface area contributed by atoms with Crippen LogP contribution in [0.25, 0.3) is 10.8 Å². The van der Waals surface area contributed by atoms with Gasteiger partial charge >= 0.3 is 0 Å². The van der Waals surface area contributed by atoms with E-state index in [2.05, 4.69) is 5.32 Å². The van der Waals surface area contributed by atoms with Gasteiger partial charge < -0.3 is 15.0 Å². The van der Waals surface area contributed by atoms with Crippen LogP contribution in [0, 0.1) is 5.92 Å². The van der Waals surface area contributed by atoms with Crippen molar-refractivity contribution in [1.82, 2.24) is 0 Å². The normalized spacial score (nSPS) is 16.4. The zero-order valence-corrected chi connectivity index (χ0v) is 15.0. The number of hydrogen-bond donors (Lipinski definition) is 1. The highest BCUT2D eigenvalue weighted by molar-refractivity contribution is 6.05. The average molecular weight is 360 g/mol. The lowest BCUT2D eigenvalue weighted by Gasteiger charge is -2.23. The Morgan fingerprint density at radius 2 is 1.81 bits per heavy atom. The molecule has 0 saturated carbocycles. The van der Waals surface area contributed by atoms with E-state index in [-0.39, 0.29) is 24.3 Å². The number of nitrogens with one attached hydrogen (secondary N) is 1. The number of fused-ring (bicyclic) bond motifs is 2. The van der Waals surface area contributed by atoms with Gasteiger partial charge in [-0.05, 0) is 23.6 Å². The van der Waals surface area contributed by atoms with Gasteiger partial charge in [-0.1, -0.05) is 55.5 Å². The fraction of sp³-hybridized carbons (Fsp3) is 0.182. The predicted molar refractivity (Wildman–Crippen MR) is 106 cm³/mol. The number of carbonyl (C=O) groups excluding carboxylic acids is 2. The molecule has 4 rings (SSSR count). The van der Waals surface area contributed by atoms with Gasteiger partial charge in [-0.2, -0.15) is 0 Å². The number of amides is 2. The minimum atomic E-state index is -0.307. The van der Waals surface area contributed by atoms with Crippen LogP contribution >= 0.6 is 0 Å². The Bertz CT molecular complexity index is 1010. The van der Waals surface area contributed by atoms with Gasteiger partial charge in [0.15, 0.2) is 6.61 Å². The maximum absolute atomic E-state index is 12.9. The molecule has 1 heterocycles. The summed E-state index contributed by atoms with van der Waals surface area (Å²) < 4.78 is 5.86. The SMILES string of the molecule is CC1CN(C(=O)COc2cccc3ccccc23)c2ccccc2NC1=O. The van der Waals surface area contributed by atoms with Gasteiger partial charge in [-0.25, -0.2) is 0 Å². The van der Waals surface area contributed by atoms with E-state index in [1.807, 2.05) is 67.6 Å². The van der Waals surface area contributed by atoms with Gasteiger partial charge in [-0.15, -0.1) is 0 Å². The summed E-state index contributed by atoms with van der Waals surface area (Å²) in [5.74, 6) is 0.0946. The van der Waals surface area contributed by atoms with E-state index < -0.39 is 0 Å². The number of hydrogen-bond acceptors (Lipinski definition) is 3. The topological polar surface area (TPSA) is 58.6 Å². The molecule has 1 aliphatic rings. The molecule has 0 radical (unpaired) electrons. The van der Waals surface area contributed by atoms with E-state index in [4.69, 9.17) is 4.74 Å². The fourth-order valence-corrected chi connectivity index (χ4v) is 3.30. The Balaban J connectivity index is 1.58. The van der Waals surface area contributed by atoms with Crippen LogP contribution in [0.15, 0.2) is 66.7 Å². The predicted octanol–water partition coefficient (Wildman–Crippen LogP) is 3.84. The summed E-state index contributed by atoms with van der Waals surface area (Å²) in [6.45, 7) is 2.04. The van der Waals surface area contributed by atoms with Crippen molar-refractivity contribution < 1.29 is 14.3 Å². The molecule has 0 bridgehead atoms. The first-order valence-electron chi connectivity index (χ1n) is 8.94. The molecule has 5 nitrogen and oxygen atoms in total. The highest BCUT2D eigenvalue weighted by atomic mass is 16.5. The largest absolute Gasteiger partial charge is 0.483 e. The highest BCUT2D eigenvalue weighted by Crippen LogP contribution is 2.30. The van der Waals surface area contributed by atoms with Crippen LogP contribution in [0.5, 0.6) is 5.75 Å². The van der Waals surface area contributed by atoms with Crippen molar-refractivity contribution in [1.29, 1.82) is 0 Å². The Morgan fingerprint density at radius 3 is 2.70 bits per heavy atom. The number of benzene rings is 3. The van der Waals surface area contributed by atoms with Gasteiger partial charge in [-0.3, -0.25) is 9.59 Å². The Labute approximate surface area is 157 Å². The third-order valence-corrected chi connectivity index (χ3v) is 4.76. The second kappa shape index (κ2) is 7.11. The lowest BCUT2D eigenvalue weighted by molar-refractivity contribution is -0.121. The smallest absolute Gasteiger partial charge is 0.264 e. The van der Waals surface area contributed by atoms with Gasteiger partial charge in [0.2, 0.25) is 5.91 Å². The van der Waals surface area contributed by atoms with Crippen LogP contribution in [-0.2, 0) is 9.59 Å². The number of anilines is 2. The van der Waals surface area contributed by atoms with Gasteiger partial charge in [0.25, 0.3) is 5.91 Å². The van der Waals surface area contributed by atoms with Gasteiger partial charge in [0.05, 0.1) is 17.3 Å². The molecule has 2 amide bonds. The fourth-order valence-electron chi connectivity index (χ4n) is 3.30. The summed E-state index contributed by atoms with van der Waals surface area (Å²) in [5.41, 5.74) is 1.34. The van der Waals surface area contributed by atoms with Crippen molar-refractivity contribution in [2.24, 2.45) is 5.92 Å². The zero-order chi connectivity index (χ0) is 18.8. The Hall–Kier alpha value is -3.34. The van der Waals surface area contributed by atoms with Crippen LogP contribution in [0.4, 0.5) is 11.4 Å². The minimum absolute atomic E-state index is 0.0901. The zero-order valence-electron chi connectivity index (χ0n) is 15.0. The summed E-state index contributed by atoms with van der Waals surface area (Å²) >= 11 is 0. The number of carbonyl (C=O) groups is 2. The maximum atomic E-state index is 12.9. The summed E-state index contributed by atoms with van der Waals surface area (Å²) in [4.78, 5) is 26.8. The molecule has 1 atom stereocenters. The summed E-state index contributed by atoms with van der Waals surface area (Å²) in [5, 5.41) is 4.91. The van der Waals surface area contributed by atoms with E-state index in [1.54, 1.807) is 11.0 Å². The van der Waals surface area contributed by atoms with E-state index in [1.165, 1.54) is 0 Å². The third-order valence-electron chi connectivity index (χ3n) is 4.76. The van der Waals surface area contributed by atoms with Crippen LogP contribution in [-0.4, -0.2) is 25.0 Å². The van der Waals surface area contributed by atoms with Gasteiger partial charge in [0, 0.05) is 11.9 Å². The molecule has 0 aromatic heterocycles. The van der Waals surface area contributed by atoms with Crippen LogP contribution in [0.2, 0.25) is 0 Å². The van der Waals surface area contributed by atoms with Crippen LogP contribution < -0.4 is 15.0 Å². The van der Waals surface area contributed by atoms with E-state index >= 15 is 0 Å². The number of nitrogens with zero attached hydrogens (tertiary/aromatic N) is 1. The van der Waals surface area contributed by atoms with Crippen molar-refractivity contribution in [2.75, 3.05) is 23.4 Å². The van der Waals surface area contributed by atoms with E-state index in [9.17, 15) is 9.59 Å². The molecule has 1 aliphatic heterocycles.